The predicted octanol–water partition coefficient (Wildman–Crippen LogP) is 4.43. The first-order chi connectivity index (χ1) is 10.1. The molecule has 3 heteroatoms. The zero-order valence-electron chi connectivity index (χ0n) is 12.7. The van der Waals surface area contributed by atoms with E-state index in [2.05, 4.69) is 43.4 Å². The molecule has 2 aromatic carbocycles. The minimum absolute atomic E-state index is 0.321. The average molecular weight is 301 g/mol. The van der Waals surface area contributed by atoms with Crippen molar-refractivity contribution in [1.82, 2.24) is 5.32 Å². The van der Waals surface area contributed by atoms with E-state index >= 15 is 0 Å². The van der Waals surface area contributed by atoms with Gasteiger partial charge in [-0.3, -0.25) is 0 Å². The fourth-order valence-corrected chi connectivity index (χ4v) is 2.82. The molecule has 0 aromatic heterocycles. The van der Waals surface area contributed by atoms with Gasteiger partial charge >= 0.3 is 0 Å². The van der Waals surface area contributed by atoms with E-state index in [0.717, 1.165) is 18.8 Å². The molecule has 0 saturated carbocycles. The number of aromatic hydroxyl groups is 1. The predicted molar refractivity (Wildman–Crippen MR) is 90.7 cm³/mol. The lowest BCUT2D eigenvalue weighted by Crippen LogP contribution is -2.18. The third kappa shape index (κ3) is 5.82. The van der Waals surface area contributed by atoms with Gasteiger partial charge in [-0.1, -0.05) is 38.1 Å². The highest BCUT2D eigenvalue weighted by Crippen LogP contribution is 2.24. The third-order valence-corrected chi connectivity index (χ3v) is 4.23. The van der Waals surface area contributed by atoms with Crippen LogP contribution in [0.3, 0.4) is 0 Å². The van der Waals surface area contributed by atoms with Crippen molar-refractivity contribution in [3.8, 4) is 5.75 Å². The Morgan fingerprint density at radius 1 is 0.952 bits per heavy atom. The number of nitrogens with one attached hydrogen (secondary N) is 1. The van der Waals surface area contributed by atoms with E-state index in [1.165, 1.54) is 16.0 Å². The molecule has 2 nitrogen and oxygen atoms in total. The Kier molecular flexibility index (Phi) is 6.15. The summed E-state index contributed by atoms with van der Waals surface area (Å²) in [5.41, 5.74) is 2.55. The SMILES string of the molecule is CC(C)CNCc1ccc(SCc2ccc(O)cc2)cc1. The van der Waals surface area contributed by atoms with Gasteiger partial charge in [-0.25, -0.2) is 0 Å². The molecule has 0 aliphatic rings. The first kappa shape index (κ1) is 15.9. The Balaban J connectivity index is 1.80. The smallest absolute Gasteiger partial charge is 0.115 e. The van der Waals surface area contributed by atoms with Gasteiger partial charge in [0.15, 0.2) is 0 Å². The summed E-state index contributed by atoms with van der Waals surface area (Å²) in [5, 5.41) is 12.7. The summed E-state index contributed by atoms with van der Waals surface area (Å²) in [6, 6.07) is 16.1. The van der Waals surface area contributed by atoms with E-state index in [4.69, 9.17) is 0 Å². The van der Waals surface area contributed by atoms with Crippen molar-refractivity contribution < 1.29 is 5.11 Å². The molecule has 0 aliphatic carbocycles. The summed E-state index contributed by atoms with van der Waals surface area (Å²) in [6.07, 6.45) is 0. The summed E-state index contributed by atoms with van der Waals surface area (Å²) in [6.45, 7) is 6.42. The number of hydrogen-bond acceptors (Lipinski definition) is 3. The molecule has 2 N–H and O–H groups in total. The Morgan fingerprint density at radius 2 is 1.57 bits per heavy atom. The number of rotatable bonds is 7. The zero-order chi connectivity index (χ0) is 15.1. The fraction of sp³-hybridized carbons (Fsp3) is 0.333. The molecular weight excluding hydrogens is 278 g/mol. The molecule has 0 amide bonds. The second-order valence-electron chi connectivity index (χ2n) is 5.62. The molecule has 0 unspecified atom stereocenters. The van der Waals surface area contributed by atoms with Gasteiger partial charge in [0, 0.05) is 17.2 Å². The molecule has 2 aromatic rings. The summed E-state index contributed by atoms with van der Waals surface area (Å²) in [4.78, 5) is 1.27. The van der Waals surface area contributed by atoms with Crippen molar-refractivity contribution in [3.05, 3.63) is 59.7 Å². The average Bonchev–Trinajstić information content (AvgIpc) is 2.48. The van der Waals surface area contributed by atoms with Gasteiger partial charge in [-0.15, -0.1) is 11.8 Å². The molecule has 0 fully saturated rings. The third-order valence-electron chi connectivity index (χ3n) is 3.15. The van der Waals surface area contributed by atoms with Crippen LogP contribution in [0.2, 0.25) is 0 Å². The van der Waals surface area contributed by atoms with Crippen LogP contribution in [0.4, 0.5) is 0 Å². The number of thioether (sulfide) groups is 1. The minimum Gasteiger partial charge on any atom is -0.508 e. The highest BCUT2D eigenvalue weighted by Gasteiger charge is 1.99. The first-order valence-electron chi connectivity index (χ1n) is 7.34. The first-order valence-corrected chi connectivity index (χ1v) is 8.32. The van der Waals surface area contributed by atoms with Crippen LogP contribution in [-0.2, 0) is 12.3 Å². The van der Waals surface area contributed by atoms with Crippen LogP contribution in [0.15, 0.2) is 53.4 Å². The Bertz CT molecular complexity index is 534. The molecule has 0 radical (unpaired) electrons. The monoisotopic (exact) mass is 301 g/mol. The summed E-state index contributed by atoms with van der Waals surface area (Å²) >= 11 is 1.81. The fourth-order valence-electron chi connectivity index (χ4n) is 1.97. The highest BCUT2D eigenvalue weighted by molar-refractivity contribution is 7.98. The van der Waals surface area contributed by atoms with Gasteiger partial charge < -0.3 is 10.4 Å². The number of benzene rings is 2. The molecule has 112 valence electrons. The van der Waals surface area contributed by atoms with Crippen molar-refractivity contribution in [3.63, 3.8) is 0 Å². The van der Waals surface area contributed by atoms with Gasteiger partial charge in [0.25, 0.3) is 0 Å². The van der Waals surface area contributed by atoms with Crippen LogP contribution in [-0.4, -0.2) is 11.7 Å². The van der Waals surface area contributed by atoms with Gasteiger partial charge in [0.2, 0.25) is 0 Å². The van der Waals surface area contributed by atoms with Gasteiger partial charge in [-0.05, 0) is 47.9 Å². The Morgan fingerprint density at radius 3 is 2.19 bits per heavy atom. The van der Waals surface area contributed by atoms with Crippen LogP contribution >= 0.6 is 11.8 Å². The van der Waals surface area contributed by atoms with Crippen LogP contribution in [0.1, 0.15) is 25.0 Å². The highest BCUT2D eigenvalue weighted by atomic mass is 32.2. The summed E-state index contributed by atoms with van der Waals surface area (Å²) in [7, 11) is 0. The van der Waals surface area contributed by atoms with Crippen LogP contribution < -0.4 is 5.32 Å². The second-order valence-corrected chi connectivity index (χ2v) is 6.67. The minimum atomic E-state index is 0.321. The number of hydrogen-bond donors (Lipinski definition) is 2. The van der Waals surface area contributed by atoms with Gasteiger partial charge in [-0.2, -0.15) is 0 Å². The molecule has 0 bridgehead atoms. The topological polar surface area (TPSA) is 32.3 Å². The van der Waals surface area contributed by atoms with Gasteiger partial charge in [0.05, 0.1) is 0 Å². The lowest BCUT2D eigenvalue weighted by atomic mass is 10.2. The summed E-state index contributed by atoms with van der Waals surface area (Å²) < 4.78 is 0. The van der Waals surface area contributed by atoms with Crippen molar-refractivity contribution in [2.75, 3.05) is 6.54 Å². The summed E-state index contributed by atoms with van der Waals surface area (Å²) in [5.74, 6) is 1.93. The number of phenols is 1. The molecular formula is C18H23NOS. The standard InChI is InChI=1S/C18H23NOS/c1-14(2)11-19-12-15-5-9-18(10-6-15)21-13-16-3-7-17(20)8-4-16/h3-10,14,19-20H,11-13H2,1-2H3. The van der Waals surface area contributed by atoms with Crippen molar-refractivity contribution >= 4 is 11.8 Å². The maximum atomic E-state index is 9.26. The lowest BCUT2D eigenvalue weighted by molar-refractivity contribution is 0.475. The van der Waals surface area contributed by atoms with Crippen LogP contribution in [0, 0.1) is 5.92 Å². The van der Waals surface area contributed by atoms with Crippen molar-refractivity contribution in [2.45, 2.75) is 31.0 Å². The maximum Gasteiger partial charge on any atom is 0.115 e. The molecule has 0 heterocycles. The van der Waals surface area contributed by atoms with E-state index < -0.39 is 0 Å². The van der Waals surface area contributed by atoms with Crippen molar-refractivity contribution in [2.24, 2.45) is 5.92 Å². The van der Waals surface area contributed by atoms with Crippen LogP contribution in [0.25, 0.3) is 0 Å². The molecule has 2 rings (SSSR count). The zero-order valence-corrected chi connectivity index (χ0v) is 13.5. The van der Waals surface area contributed by atoms with Crippen molar-refractivity contribution in [1.29, 1.82) is 0 Å². The van der Waals surface area contributed by atoms with E-state index in [-0.39, 0.29) is 0 Å². The molecule has 0 saturated heterocycles. The Hall–Kier alpha value is -1.45. The lowest BCUT2D eigenvalue weighted by Gasteiger charge is -2.08. The molecule has 21 heavy (non-hydrogen) atoms. The maximum absolute atomic E-state index is 9.26. The van der Waals surface area contributed by atoms with E-state index in [1.807, 2.05) is 23.9 Å². The van der Waals surface area contributed by atoms with Gasteiger partial charge in [0.1, 0.15) is 5.75 Å². The molecule has 0 aliphatic heterocycles. The normalized spacial score (nSPS) is 11.0. The van der Waals surface area contributed by atoms with E-state index in [0.29, 0.717) is 11.7 Å². The molecule has 0 atom stereocenters. The quantitative estimate of drug-likeness (QED) is 0.742. The second kappa shape index (κ2) is 8.11. The largest absolute Gasteiger partial charge is 0.508 e. The Labute approximate surface area is 131 Å². The van der Waals surface area contributed by atoms with E-state index in [9.17, 15) is 5.11 Å². The van der Waals surface area contributed by atoms with Crippen LogP contribution in [0.5, 0.6) is 5.75 Å². The number of phenolic OH excluding ortho intramolecular Hbond substituents is 1. The molecule has 0 spiro atoms. The van der Waals surface area contributed by atoms with E-state index in [1.54, 1.807) is 12.1 Å².